The molecule has 3 aromatic heterocycles. The SMILES string of the molecule is Cc1cnn(CCN(C)C2CN(c3ccc4nnc(C(C)(C)C)n4n3)C2)c1. The maximum absolute atomic E-state index is 4.80. The molecule has 0 spiro atoms. The zero-order chi connectivity index (χ0) is 19.2. The number of aromatic nitrogens is 6. The van der Waals surface area contributed by atoms with Gasteiger partial charge in [-0.2, -0.15) is 9.61 Å². The second-order valence-electron chi connectivity index (χ2n) is 8.56. The van der Waals surface area contributed by atoms with Gasteiger partial charge in [0.2, 0.25) is 0 Å². The molecule has 1 aliphatic heterocycles. The Kier molecular flexibility index (Phi) is 4.38. The predicted octanol–water partition coefficient (Wildman–Crippen LogP) is 1.75. The van der Waals surface area contributed by atoms with Crippen LogP contribution in [0.2, 0.25) is 0 Å². The number of rotatable bonds is 5. The molecule has 0 bridgehead atoms. The molecule has 144 valence electrons. The van der Waals surface area contributed by atoms with Crippen LogP contribution in [0, 0.1) is 6.92 Å². The molecule has 1 aliphatic rings. The van der Waals surface area contributed by atoms with E-state index in [9.17, 15) is 0 Å². The molecule has 8 nitrogen and oxygen atoms in total. The molecule has 0 aromatic carbocycles. The molecule has 0 N–H and O–H groups in total. The lowest BCUT2D eigenvalue weighted by molar-refractivity contribution is 0.195. The van der Waals surface area contributed by atoms with Crippen LogP contribution in [0.3, 0.4) is 0 Å². The van der Waals surface area contributed by atoms with Crippen molar-refractivity contribution in [1.29, 1.82) is 0 Å². The molecule has 4 rings (SSSR count). The Morgan fingerprint density at radius 1 is 1.19 bits per heavy atom. The number of nitrogens with zero attached hydrogens (tertiary/aromatic N) is 8. The minimum absolute atomic E-state index is 0.0897. The molecule has 0 aliphatic carbocycles. The van der Waals surface area contributed by atoms with E-state index in [2.05, 4.69) is 66.0 Å². The monoisotopic (exact) mass is 368 g/mol. The average molecular weight is 368 g/mol. The van der Waals surface area contributed by atoms with Gasteiger partial charge in [-0.25, -0.2) is 0 Å². The summed E-state index contributed by atoms with van der Waals surface area (Å²) < 4.78 is 3.89. The first kappa shape index (κ1) is 17.9. The summed E-state index contributed by atoms with van der Waals surface area (Å²) in [4.78, 5) is 4.72. The molecule has 1 saturated heterocycles. The van der Waals surface area contributed by atoms with Gasteiger partial charge in [0.15, 0.2) is 11.5 Å². The number of likely N-dealkylation sites (N-methyl/N-ethyl adjacent to an activating group) is 1. The molecule has 27 heavy (non-hydrogen) atoms. The molecule has 0 radical (unpaired) electrons. The summed E-state index contributed by atoms with van der Waals surface area (Å²) in [6.07, 6.45) is 4.00. The fraction of sp³-hybridized carbons (Fsp3) is 0.579. The van der Waals surface area contributed by atoms with E-state index in [0.29, 0.717) is 6.04 Å². The van der Waals surface area contributed by atoms with Crippen LogP contribution < -0.4 is 4.90 Å². The van der Waals surface area contributed by atoms with Crippen molar-refractivity contribution < 1.29 is 0 Å². The van der Waals surface area contributed by atoms with E-state index in [-0.39, 0.29) is 5.41 Å². The lowest BCUT2D eigenvalue weighted by Gasteiger charge is -2.44. The number of anilines is 1. The highest BCUT2D eigenvalue weighted by molar-refractivity contribution is 5.48. The van der Waals surface area contributed by atoms with Crippen molar-refractivity contribution >= 4 is 11.5 Å². The summed E-state index contributed by atoms with van der Waals surface area (Å²) in [6.45, 7) is 12.4. The van der Waals surface area contributed by atoms with Gasteiger partial charge in [-0.1, -0.05) is 20.8 Å². The van der Waals surface area contributed by atoms with E-state index in [0.717, 1.165) is 43.5 Å². The first-order chi connectivity index (χ1) is 12.8. The number of fused-ring (bicyclic) bond motifs is 1. The molecule has 4 heterocycles. The van der Waals surface area contributed by atoms with E-state index in [1.165, 1.54) is 5.56 Å². The lowest BCUT2D eigenvalue weighted by Crippen LogP contribution is -2.59. The van der Waals surface area contributed by atoms with Gasteiger partial charge >= 0.3 is 0 Å². The Hall–Kier alpha value is -2.48. The maximum atomic E-state index is 4.80. The van der Waals surface area contributed by atoms with Crippen LogP contribution >= 0.6 is 0 Å². The second kappa shape index (κ2) is 6.60. The number of hydrogen-bond donors (Lipinski definition) is 0. The fourth-order valence-electron chi connectivity index (χ4n) is 3.37. The first-order valence-corrected chi connectivity index (χ1v) is 9.48. The Bertz CT molecular complexity index is 929. The molecule has 1 fully saturated rings. The average Bonchev–Trinajstić information content (AvgIpc) is 3.16. The number of hydrogen-bond acceptors (Lipinski definition) is 6. The van der Waals surface area contributed by atoms with E-state index in [4.69, 9.17) is 5.10 Å². The molecule has 3 aromatic rings. The highest BCUT2D eigenvalue weighted by Gasteiger charge is 2.31. The summed E-state index contributed by atoms with van der Waals surface area (Å²) in [5, 5.41) is 17.7. The van der Waals surface area contributed by atoms with Crippen LogP contribution in [-0.4, -0.2) is 67.2 Å². The summed E-state index contributed by atoms with van der Waals surface area (Å²) in [5.74, 6) is 1.88. The fourth-order valence-corrected chi connectivity index (χ4v) is 3.37. The minimum atomic E-state index is -0.0897. The summed E-state index contributed by atoms with van der Waals surface area (Å²) >= 11 is 0. The van der Waals surface area contributed by atoms with Crippen molar-refractivity contribution in [2.24, 2.45) is 0 Å². The van der Waals surface area contributed by atoms with Crippen LogP contribution in [-0.2, 0) is 12.0 Å². The van der Waals surface area contributed by atoms with Gasteiger partial charge in [0.25, 0.3) is 0 Å². The zero-order valence-electron chi connectivity index (χ0n) is 16.8. The summed E-state index contributed by atoms with van der Waals surface area (Å²) in [6, 6.07) is 4.59. The second-order valence-corrected chi connectivity index (χ2v) is 8.56. The quantitative estimate of drug-likeness (QED) is 0.683. The molecule has 8 heteroatoms. The van der Waals surface area contributed by atoms with Gasteiger partial charge < -0.3 is 4.90 Å². The van der Waals surface area contributed by atoms with Gasteiger partial charge in [0, 0.05) is 37.3 Å². The largest absolute Gasteiger partial charge is 0.352 e. The van der Waals surface area contributed by atoms with Gasteiger partial charge in [-0.15, -0.1) is 15.3 Å². The maximum Gasteiger partial charge on any atom is 0.178 e. The minimum Gasteiger partial charge on any atom is -0.352 e. The third kappa shape index (κ3) is 3.53. The van der Waals surface area contributed by atoms with E-state index < -0.39 is 0 Å². The predicted molar refractivity (Wildman–Crippen MR) is 105 cm³/mol. The van der Waals surface area contributed by atoms with Gasteiger partial charge in [-0.3, -0.25) is 9.58 Å². The van der Waals surface area contributed by atoms with Crippen LogP contribution in [0.1, 0.15) is 32.2 Å². The van der Waals surface area contributed by atoms with Gasteiger partial charge in [-0.05, 0) is 31.7 Å². The zero-order valence-corrected chi connectivity index (χ0v) is 16.8. The van der Waals surface area contributed by atoms with Crippen LogP contribution in [0.15, 0.2) is 24.5 Å². The topological polar surface area (TPSA) is 67.4 Å². The van der Waals surface area contributed by atoms with Gasteiger partial charge in [0.05, 0.1) is 12.7 Å². The molecule has 0 amide bonds. The van der Waals surface area contributed by atoms with Gasteiger partial charge in [0.1, 0.15) is 5.82 Å². The standard InChI is InChI=1S/C19H28N8/c1-14-10-20-26(11-14)9-8-24(5)15-12-25(13-15)17-7-6-16-21-22-18(19(2,3)4)27(16)23-17/h6-7,10-11,15H,8-9,12-13H2,1-5H3. The Morgan fingerprint density at radius 2 is 1.96 bits per heavy atom. The van der Waals surface area contributed by atoms with Crippen molar-refractivity contribution in [3.05, 3.63) is 35.9 Å². The van der Waals surface area contributed by atoms with E-state index in [1.807, 2.05) is 27.5 Å². The lowest BCUT2D eigenvalue weighted by atomic mass is 9.96. The third-order valence-electron chi connectivity index (χ3n) is 5.17. The molecule has 0 saturated carbocycles. The normalized spacial score (nSPS) is 15.7. The molecule has 0 atom stereocenters. The smallest absolute Gasteiger partial charge is 0.178 e. The summed E-state index contributed by atoms with van der Waals surface area (Å²) in [7, 11) is 2.19. The van der Waals surface area contributed by atoms with Crippen molar-refractivity contribution in [2.45, 2.75) is 45.7 Å². The Morgan fingerprint density at radius 3 is 2.63 bits per heavy atom. The van der Waals surface area contributed by atoms with Crippen LogP contribution in [0.4, 0.5) is 5.82 Å². The first-order valence-electron chi connectivity index (χ1n) is 9.48. The van der Waals surface area contributed by atoms with Crippen molar-refractivity contribution in [1.82, 2.24) is 34.5 Å². The van der Waals surface area contributed by atoms with E-state index >= 15 is 0 Å². The van der Waals surface area contributed by atoms with Crippen molar-refractivity contribution in [2.75, 3.05) is 31.6 Å². The van der Waals surface area contributed by atoms with Crippen LogP contribution in [0.25, 0.3) is 5.65 Å². The molecule has 0 unspecified atom stereocenters. The Labute approximate surface area is 159 Å². The van der Waals surface area contributed by atoms with Crippen LogP contribution in [0.5, 0.6) is 0 Å². The third-order valence-corrected chi connectivity index (χ3v) is 5.17. The molecular weight excluding hydrogens is 340 g/mol. The van der Waals surface area contributed by atoms with Crippen molar-refractivity contribution in [3.8, 4) is 0 Å². The summed E-state index contributed by atoms with van der Waals surface area (Å²) in [5.41, 5.74) is 1.91. The highest BCUT2D eigenvalue weighted by atomic mass is 15.4. The highest BCUT2D eigenvalue weighted by Crippen LogP contribution is 2.24. The van der Waals surface area contributed by atoms with E-state index in [1.54, 1.807) is 0 Å². The van der Waals surface area contributed by atoms with Crippen molar-refractivity contribution in [3.63, 3.8) is 0 Å². The Balaban J connectivity index is 1.38. The number of aryl methyl sites for hydroxylation is 1. The molecular formula is C19H28N8.